The summed E-state index contributed by atoms with van der Waals surface area (Å²) in [5, 5.41) is 0. The molecule has 0 radical (unpaired) electrons. The second-order valence-corrected chi connectivity index (χ2v) is 6.18. The van der Waals surface area contributed by atoms with Crippen molar-refractivity contribution in [2.45, 2.75) is 4.90 Å². The van der Waals surface area contributed by atoms with Gasteiger partial charge in [0.1, 0.15) is 0 Å². The molecule has 1 aliphatic heterocycles. The van der Waals surface area contributed by atoms with Crippen molar-refractivity contribution in [1.29, 1.82) is 0 Å². The van der Waals surface area contributed by atoms with Crippen LogP contribution in [0.2, 0.25) is 0 Å². The molecule has 1 aromatic carbocycles. The van der Waals surface area contributed by atoms with Gasteiger partial charge in [0.15, 0.2) is 9.84 Å². The van der Waals surface area contributed by atoms with E-state index in [1.165, 1.54) is 19.6 Å². The monoisotopic (exact) mass is 291 g/mol. The molecular weight excluding hydrogens is 278 g/mol. The predicted octanol–water partition coefficient (Wildman–Crippen LogP) is 1.94. The van der Waals surface area contributed by atoms with Crippen molar-refractivity contribution in [2.75, 3.05) is 13.4 Å². The van der Waals surface area contributed by atoms with Crippen molar-refractivity contribution in [3.05, 3.63) is 48.2 Å². The number of nitrogens with zero attached hydrogens (tertiary/aromatic N) is 1. The Kier molecular flexibility index (Phi) is 3.85. The maximum Gasteiger partial charge on any atom is 0.337 e. The molecule has 0 amide bonds. The quantitative estimate of drug-likeness (QED) is 0.675. The van der Waals surface area contributed by atoms with Crippen LogP contribution in [0.5, 0.6) is 0 Å². The third kappa shape index (κ3) is 3.21. The molecule has 1 aromatic rings. The standard InChI is InChI=1S/C8H8O2.C6H5NO2S/c1-10-8(9)7-5-3-2-4-6-7;1-10(8,9)6-3-7-5-2-4(5)6/h2-6H,1H3;2-3H,1H3. The van der Waals surface area contributed by atoms with Crippen LogP contribution in [0, 0.1) is 0 Å². The van der Waals surface area contributed by atoms with Crippen molar-refractivity contribution in [3.8, 4) is 11.3 Å². The van der Waals surface area contributed by atoms with Crippen molar-refractivity contribution < 1.29 is 17.9 Å². The Bertz CT molecular complexity index is 739. The van der Waals surface area contributed by atoms with Gasteiger partial charge in [-0.3, -0.25) is 4.98 Å². The molecule has 0 saturated heterocycles. The van der Waals surface area contributed by atoms with Crippen LogP contribution >= 0.6 is 0 Å². The summed E-state index contributed by atoms with van der Waals surface area (Å²) >= 11 is 0. The minimum absolute atomic E-state index is 0.291. The van der Waals surface area contributed by atoms with E-state index < -0.39 is 9.84 Å². The molecule has 0 bridgehead atoms. The smallest absolute Gasteiger partial charge is 0.337 e. The first-order valence-electron chi connectivity index (χ1n) is 5.77. The van der Waals surface area contributed by atoms with Crippen LogP contribution in [0.3, 0.4) is 0 Å². The van der Waals surface area contributed by atoms with Crippen molar-refractivity contribution in [3.63, 3.8) is 0 Å². The van der Waals surface area contributed by atoms with E-state index >= 15 is 0 Å². The van der Waals surface area contributed by atoms with Gasteiger partial charge < -0.3 is 4.74 Å². The highest BCUT2D eigenvalue weighted by Crippen LogP contribution is 2.37. The Morgan fingerprint density at radius 1 is 1.20 bits per heavy atom. The zero-order valence-corrected chi connectivity index (χ0v) is 11.8. The first-order valence-corrected chi connectivity index (χ1v) is 7.66. The fourth-order valence-electron chi connectivity index (χ4n) is 1.59. The Morgan fingerprint density at radius 2 is 1.85 bits per heavy atom. The van der Waals surface area contributed by atoms with E-state index in [0.717, 1.165) is 11.3 Å². The molecule has 20 heavy (non-hydrogen) atoms. The number of sulfone groups is 1. The van der Waals surface area contributed by atoms with Gasteiger partial charge >= 0.3 is 5.97 Å². The van der Waals surface area contributed by atoms with Gasteiger partial charge in [-0.2, -0.15) is 0 Å². The average molecular weight is 291 g/mol. The molecule has 0 spiro atoms. The Hall–Kier alpha value is -2.21. The zero-order valence-electron chi connectivity index (χ0n) is 11.0. The predicted molar refractivity (Wildman–Crippen MR) is 74.1 cm³/mol. The van der Waals surface area contributed by atoms with Crippen LogP contribution < -0.4 is 0 Å². The van der Waals surface area contributed by atoms with Gasteiger partial charge in [0.05, 0.1) is 23.3 Å². The maximum atomic E-state index is 10.9. The van der Waals surface area contributed by atoms with Crippen molar-refractivity contribution in [1.82, 2.24) is 4.98 Å². The number of methoxy groups -OCH3 is 1. The minimum atomic E-state index is -3.03. The van der Waals surface area contributed by atoms with E-state index in [4.69, 9.17) is 0 Å². The number of rotatable bonds is 2. The van der Waals surface area contributed by atoms with Gasteiger partial charge in [0, 0.05) is 18.0 Å². The summed E-state index contributed by atoms with van der Waals surface area (Å²) in [5.41, 5.74) is 2.20. The molecular formula is C14H13NO4S. The fourth-order valence-corrected chi connectivity index (χ4v) is 2.40. The number of carbonyl (C=O) groups excluding carboxylic acids is 1. The number of carbonyl (C=O) groups is 1. The third-order valence-electron chi connectivity index (χ3n) is 2.65. The highest BCUT2D eigenvalue weighted by molar-refractivity contribution is 7.90. The van der Waals surface area contributed by atoms with Gasteiger partial charge in [0.2, 0.25) is 0 Å². The first-order chi connectivity index (χ1) is 9.43. The number of esters is 1. The average Bonchev–Trinajstić information content (AvgIpc) is 3.07. The second kappa shape index (κ2) is 5.42. The minimum Gasteiger partial charge on any atom is -0.465 e. The van der Waals surface area contributed by atoms with E-state index in [1.807, 2.05) is 6.07 Å². The summed E-state index contributed by atoms with van der Waals surface area (Å²) in [6.45, 7) is 0. The summed E-state index contributed by atoms with van der Waals surface area (Å²) in [4.78, 5) is 15.0. The highest BCUT2D eigenvalue weighted by atomic mass is 32.2. The number of aromatic nitrogens is 1. The fraction of sp³-hybridized carbons (Fsp3) is 0.143. The molecule has 0 fully saturated rings. The van der Waals surface area contributed by atoms with Crippen molar-refractivity contribution >= 4 is 15.8 Å². The summed E-state index contributed by atoms with van der Waals surface area (Å²) < 4.78 is 26.3. The Balaban J connectivity index is 0.000000147. The lowest BCUT2D eigenvalue weighted by Crippen LogP contribution is -1.99. The highest BCUT2D eigenvalue weighted by Gasteiger charge is 2.25. The van der Waals surface area contributed by atoms with Crippen LogP contribution in [-0.2, 0) is 14.6 Å². The Morgan fingerprint density at radius 3 is 2.20 bits per heavy atom. The largest absolute Gasteiger partial charge is 0.465 e. The van der Waals surface area contributed by atoms with Gasteiger partial charge in [-0.05, 0) is 18.2 Å². The lowest BCUT2D eigenvalue weighted by molar-refractivity contribution is 0.0600. The molecule has 0 N–H and O–H groups in total. The molecule has 6 heteroatoms. The molecule has 1 heterocycles. The number of fused-ring (bicyclic) bond motifs is 1. The number of hydrogen-bond acceptors (Lipinski definition) is 5. The Labute approximate surface area is 117 Å². The van der Waals surface area contributed by atoms with E-state index in [2.05, 4.69) is 9.72 Å². The molecule has 1 aliphatic carbocycles. The van der Waals surface area contributed by atoms with E-state index in [-0.39, 0.29) is 5.97 Å². The molecule has 5 nitrogen and oxygen atoms in total. The summed E-state index contributed by atoms with van der Waals surface area (Å²) in [6.07, 6.45) is 2.59. The molecule has 0 saturated carbocycles. The van der Waals surface area contributed by atoms with Crippen LogP contribution in [0.1, 0.15) is 10.4 Å². The third-order valence-corrected chi connectivity index (χ3v) is 3.78. The van der Waals surface area contributed by atoms with Crippen LogP contribution in [0.25, 0.3) is 11.3 Å². The first kappa shape index (κ1) is 14.2. The van der Waals surface area contributed by atoms with Gasteiger partial charge in [-0.15, -0.1) is 0 Å². The number of pyridine rings is 1. The van der Waals surface area contributed by atoms with Crippen LogP contribution in [-0.4, -0.2) is 32.7 Å². The number of benzene rings is 1. The molecule has 0 atom stereocenters. The normalized spacial score (nSPS) is 11.1. The summed E-state index contributed by atoms with van der Waals surface area (Å²) in [7, 11) is -1.66. The molecule has 0 aromatic heterocycles. The van der Waals surface area contributed by atoms with Gasteiger partial charge in [-0.1, -0.05) is 18.2 Å². The topological polar surface area (TPSA) is 73.3 Å². The zero-order chi connectivity index (χ0) is 14.8. The molecule has 0 unspecified atom stereocenters. The van der Waals surface area contributed by atoms with Gasteiger partial charge in [-0.25, -0.2) is 13.2 Å². The second-order valence-electron chi connectivity index (χ2n) is 4.20. The van der Waals surface area contributed by atoms with Gasteiger partial charge in [0.25, 0.3) is 0 Å². The molecule has 2 aliphatic rings. The van der Waals surface area contributed by atoms with E-state index in [9.17, 15) is 13.2 Å². The van der Waals surface area contributed by atoms with Crippen LogP contribution in [0.4, 0.5) is 0 Å². The maximum absolute atomic E-state index is 10.9. The lowest BCUT2D eigenvalue weighted by atomic mass is 10.2. The molecule has 104 valence electrons. The lowest BCUT2D eigenvalue weighted by Gasteiger charge is -1.95. The molecule has 3 rings (SSSR count). The van der Waals surface area contributed by atoms with Crippen LogP contribution in [0.15, 0.2) is 47.5 Å². The van der Waals surface area contributed by atoms with Crippen molar-refractivity contribution in [2.24, 2.45) is 0 Å². The summed E-state index contributed by atoms with van der Waals surface area (Å²) in [6, 6.07) is 10.6. The van der Waals surface area contributed by atoms with E-state index in [0.29, 0.717) is 10.5 Å². The SMILES string of the molecule is COC(=O)c1ccccc1.CS(=O)(=O)c1cnc2cc1-2. The number of hydrogen-bond donors (Lipinski definition) is 0. The summed E-state index contributed by atoms with van der Waals surface area (Å²) in [5.74, 6) is -0.291. The van der Waals surface area contributed by atoms with E-state index in [1.54, 1.807) is 30.3 Å². The number of ether oxygens (including phenoxy) is 1.